The fourth-order valence-corrected chi connectivity index (χ4v) is 4.27. The molecule has 0 atom stereocenters. The molecule has 3 heterocycles. The second kappa shape index (κ2) is 6.72. The second-order valence-electron chi connectivity index (χ2n) is 5.70. The lowest BCUT2D eigenvalue weighted by Gasteiger charge is -2.32. The first-order valence-corrected chi connectivity index (χ1v) is 9.28. The van der Waals surface area contributed by atoms with E-state index >= 15 is 0 Å². The minimum Gasteiger partial charge on any atom is -0.359 e. The van der Waals surface area contributed by atoms with Gasteiger partial charge in [-0.3, -0.25) is 4.79 Å². The van der Waals surface area contributed by atoms with Crippen molar-refractivity contribution in [1.29, 1.82) is 0 Å². The zero-order valence-corrected chi connectivity index (χ0v) is 14.5. The van der Waals surface area contributed by atoms with Gasteiger partial charge >= 0.3 is 6.18 Å². The average Bonchev–Trinajstić information content (AvgIpc) is 3.16. The molecule has 1 aliphatic rings. The quantitative estimate of drug-likeness (QED) is 0.872. The van der Waals surface area contributed by atoms with Crippen molar-refractivity contribution in [2.75, 3.05) is 18.4 Å². The zero-order chi connectivity index (χ0) is 17.3. The van der Waals surface area contributed by atoms with Gasteiger partial charge in [0, 0.05) is 35.3 Å². The normalized spacial score (nSPS) is 16.4. The molecule has 0 bridgehead atoms. The predicted octanol–water partition coefficient (Wildman–Crippen LogP) is 4.25. The first-order valence-electron chi connectivity index (χ1n) is 7.46. The van der Waals surface area contributed by atoms with Gasteiger partial charge < -0.3 is 10.2 Å². The molecule has 4 nitrogen and oxygen atoms in total. The maximum Gasteiger partial charge on any atom is 0.417 e. The van der Waals surface area contributed by atoms with Gasteiger partial charge in [-0.15, -0.1) is 11.3 Å². The summed E-state index contributed by atoms with van der Waals surface area (Å²) in [5.41, 5.74) is -0.127. The number of anilines is 1. The first-order chi connectivity index (χ1) is 11.3. The monoisotopic (exact) mass is 375 g/mol. The van der Waals surface area contributed by atoms with E-state index in [1.165, 1.54) is 21.6 Å². The topological polar surface area (TPSA) is 45.2 Å². The summed E-state index contributed by atoms with van der Waals surface area (Å²) >= 11 is 2.43. The molecule has 1 fully saturated rings. The number of rotatable bonds is 3. The number of carbonyl (C=O) groups excluding carboxylic acids is 1. The Labute approximate surface area is 145 Å². The molecule has 0 aromatic carbocycles. The summed E-state index contributed by atoms with van der Waals surface area (Å²) in [5, 5.41) is 8.40. The number of thiazole rings is 1. The number of hydrogen-bond donors (Lipinski definition) is 1. The molecule has 24 heavy (non-hydrogen) atoms. The summed E-state index contributed by atoms with van der Waals surface area (Å²) in [4.78, 5) is 18.2. The predicted molar refractivity (Wildman–Crippen MR) is 88.7 cm³/mol. The third kappa shape index (κ3) is 3.72. The molecule has 1 N–H and O–H groups in total. The van der Waals surface area contributed by atoms with E-state index in [4.69, 9.17) is 0 Å². The number of hydrogen-bond acceptors (Lipinski definition) is 5. The van der Waals surface area contributed by atoms with E-state index in [0.29, 0.717) is 25.9 Å². The molecule has 0 spiro atoms. The first kappa shape index (κ1) is 17.2. The number of amides is 1. The van der Waals surface area contributed by atoms with Crippen molar-refractivity contribution in [1.82, 2.24) is 9.88 Å². The van der Waals surface area contributed by atoms with Crippen molar-refractivity contribution in [3.05, 3.63) is 33.0 Å². The number of alkyl halides is 3. The van der Waals surface area contributed by atoms with Crippen molar-refractivity contribution in [3.63, 3.8) is 0 Å². The van der Waals surface area contributed by atoms with Gasteiger partial charge in [0.25, 0.3) is 5.91 Å². The summed E-state index contributed by atoms with van der Waals surface area (Å²) in [6.45, 7) is 2.80. The molecule has 0 aliphatic carbocycles. The Kier molecular flexibility index (Phi) is 4.82. The van der Waals surface area contributed by atoms with Crippen LogP contribution < -0.4 is 5.32 Å². The molecule has 0 saturated carbocycles. The third-order valence-electron chi connectivity index (χ3n) is 3.93. The molecule has 2 aromatic rings. The Morgan fingerprint density at radius 1 is 1.29 bits per heavy atom. The maximum atomic E-state index is 12.9. The number of nitrogens with one attached hydrogen (secondary N) is 1. The van der Waals surface area contributed by atoms with Crippen LogP contribution in [0, 0.1) is 6.92 Å². The zero-order valence-electron chi connectivity index (χ0n) is 12.9. The molecule has 1 amide bonds. The van der Waals surface area contributed by atoms with Gasteiger partial charge in [0.2, 0.25) is 0 Å². The second-order valence-corrected chi connectivity index (χ2v) is 7.30. The lowest BCUT2D eigenvalue weighted by Crippen LogP contribution is -2.42. The van der Waals surface area contributed by atoms with Crippen molar-refractivity contribution in [3.8, 4) is 0 Å². The number of carbonyl (C=O) groups is 1. The molecule has 130 valence electrons. The number of nitrogens with zero attached hydrogens (tertiary/aromatic N) is 2. The Balaban J connectivity index is 1.60. The van der Waals surface area contributed by atoms with Crippen molar-refractivity contribution < 1.29 is 18.0 Å². The number of aryl methyl sites for hydroxylation is 1. The maximum absolute atomic E-state index is 12.9. The summed E-state index contributed by atoms with van der Waals surface area (Å²) < 4.78 is 38.8. The van der Waals surface area contributed by atoms with Gasteiger partial charge in [0.1, 0.15) is 0 Å². The van der Waals surface area contributed by atoms with Crippen LogP contribution in [0.2, 0.25) is 0 Å². The number of likely N-dealkylation sites (tertiary alicyclic amines) is 1. The smallest absolute Gasteiger partial charge is 0.359 e. The van der Waals surface area contributed by atoms with E-state index in [0.717, 1.165) is 27.5 Å². The lowest BCUT2D eigenvalue weighted by atomic mass is 10.0. The fraction of sp³-hybridized carbons (Fsp3) is 0.467. The highest BCUT2D eigenvalue weighted by atomic mass is 32.1. The fourth-order valence-electron chi connectivity index (χ4n) is 2.67. The van der Waals surface area contributed by atoms with Gasteiger partial charge in [-0.1, -0.05) is 0 Å². The van der Waals surface area contributed by atoms with Crippen LogP contribution in [0.4, 0.5) is 18.3 Å². The van der Waals surface area contributed by atoms with E-state index in [9.17, 15) is 18.0 Å². The van der Waals surface area contributed by atoms with Gasteiger partial charge in [0.05, 0.1) is 16.8 Å². The summed E-state index contributed by atoms with van der Waals surface area (Å²) in [6, 6.07) is 0.184. The highest BCUT2D eigenvalue weighted by molar-refractivity contribution is 7.13. The largest absolute Gasteiger partial charge is 0.417 e. The number of halogens is 3. The van der Waals surface area contributed by atoms with Gasteiger partial charge in [-0.2, -0.15) is 24.5 Å². The highest BCUT2D eigenvalue weighted by Gasteiger charge is 2.37. The van der Waals surface area contributed by atoms with Gasteiger partial charge in [-0.05, 0) is 19.8 Å². The van der Waals surface area contributed by atoms with Crippen LogP contribution in [0.25, 0.3) is 0 Å². The summed E-state index contributed by atoms with van der Waals surface area (Å²) in [6.07, 6.45) is -3.11. The van der Waals surface area contributed by atoms with E-state index < -0.39 is 17.6 Å². The van der Waals surface area contributed by atoms with E-state index in [-0.39, 0.29) is 11.6 Å². The van der Waals surface area contributed by atoms with Crippen LogP contribution >= 0.6 is 22.7 Å². The summed E-state index contributed by atoms with van der Waals surface area (Å²) in [5.74, 6) is -0.535. The van der Waals surface area contributed by atoms with Crippen LogP contribution in [0.1, 0.15) is 34.5 Å². The molecular weight excluding hydrogens is 359 g/mol. The van der Waals surface area contributed by atoms with Crippen LogP contribution in [-0.4, -0.2) is 34.9 Å². The van der Waals surface area contributed by atoms with Crippen molar-refractivity contribution in [2.24, 2.45) is 0 Å². The summed E-state index contributed by atoms with van der Waals surface area (Å²) in [7, 11) is 0. The molecule has 1 saturated heterocycles. The lowest BCUT2D eigenvalue weighted by molar-refractivity contribution is -0.137. The minimum absolute atomic E-state index is 0.184. The molecule has 3 rings (SSSR count). The molecule has 1 aliphatic heterocycles. The Hall–Kier alpha value is -1.61. The Morgan fingerprint density at radius 2 is 2.00 bits per heavy atom. The SMILES string of the molecule is Cc1csc(NC2CCN(C(=O)c3cscc3C(F)(F)F)CC2)n1. The van der Waals surface area contributed by atoms with Crippen LogP contribution in [-0.2, 0) is 6.18 Å². The van der Waals surface area contributed by atoms with Gasteiger partial charge in [0.15, 0.2) is 5.13 Å². The Bertz CT molecular complexity index is 718. The molecular formula is C15H16F3N3OS2. The molecule has 0 unspecified atom stereocenters. The average molecular weight is 375 g/mol. The molecule has 0 radical (unpaired) electrons. The van der Waals surface area contributed by atoms with E-state index in [1.54, 1.807) is 0 Å². The van der Waals surface area contributed by atoms with Gasteiger partial charge in [-0.25, -0.2) is 4.98 Å². The number of aromatic nitrogens is 1. The van der Waals surface area contributed by atoms with Crippen LogP contribution in [0.5, 0.6) is 0 Å². The van der Waals surface area contributed by atoms with E-state index in [1.807, 2.05) is 12.3 Å². The standard InChI is InChI=1S/C15H16F3N3OS2/c1-9-6-24-14(19-9)20-10-2-4-21(5-3-10)13(22)11-7-23-8-12(11)15(16,17)18/h6-8,10H,2-5H2,1H3,(H,19,20). The van der Waals surface area contributed by atoms with E-state index in [2.05, 4.69) is 10.3 Å². The van der Waals surface area contributed by atoms with Crippen molar-refractivity contribution in [2.45, 2.75) is 32.0 Å². The Morgan fingerprint density at radius 3 is 2.58 bits per heavy atom. The third-order valence-corrected chi connectivity index (χ3v) is 5.56. The van der Waals surface area contributed by atoms with Crippen LogP contribution in [0.15, 0.2) is 16.1 Å². The number of piperidine rings is 1. The van der Waals surface area contributed by atoms with Crippen LogP contribution in [0.3, 0.4) is 0 Å². The number of thiophene rings is 1. The minimum atomic E-state index is -4.49. The molecule has 9 heteroatoms. The highest BCUT2D eigenvalue weighted by Crippen LogP contribution is 2.35. The molecule has 2 aromatic heterocycles. The van der Waals surface area contributed by atoms with Crippen molar-refractivity contribution >= 4 is 33.7 Å².